The van der Waals surface area contributed by atoms with E-state index < -0.39 is 0 Å². The molecule has 0 saturated heterocycles. The Balaban J connectivity index is 1.71. The molecule has 2 aliphatic carbocycles. The maximum Gasteiger partial charge on any atom is -0.00140 e. The van der Waals surface area contributed by atoms with Gasteiger partial charge in [-0.1, -0.05) is 115 Å². The van der Waals surface area contributed by atoms with Crippen molar-refractivity contribution in [3.63, 3.8) is 0 Å². The minimum atomic E-state index is 0.190. The fourth-order valence-electron chi connectivity index (χ4n) is 4.74. The molecular weight excluding hydrogens is 372 g/mol. The van der Waals surface area contributed by atoms with Crippen LogP contribution in [0.25, 0.3) is 11.1 Å². The zero-order valence-corrected chi connectivity index (χ0v) is 20.5. The van der Waals surface area contributed by atoms with E-state index >= 15 is 0 Å². The van der Waals surface area contributed by atoms with E-state index in [1.165, 1.54) is 46.2 Å². The van der Waals surface area contributed by atoms with Gasteiger partial charge in [0, 0.05) is 0 Å². The Kier molecular flexibility index (Phi) is 5.63. The summed E-state index contributed by atoms with van der Waals surface area (Å²) < 4.78 is 0. The molecule has 4 rings (SSSR count). The molecule has 0 bridgehead atoms. The molecule has 2 aromatic carbocycles. The molecule has 1 unspecified atom stereocenters. The molecule has 0 nitrogen and oxygen atoms in total. The van der Waals surface area contributed by atoms with E-state index in [1.807, 2.05) is 0 Å². The fourth-order valence-corrected chi connectivity index (χ4v) is 4.74. The van der Waals surface area contributed by atoms with Gasteiger partial charge in [0.25, 0.3) is 0 Å². The third-order valence-corrected chi connectivity index (χ3v) is 7.16. The Morgan fingerprint density at radius 1 is 0.677 bits per heavy atom. The van der Waals surface area contributed by atoms with Gasteiger partial charge < -0.3 is 0 Å². The molecule has 162 valence electrons. The average molecular weight is 411 g/mol. The average Bonchev–Trinajstić information content (AvgIpc) is 2.71. The highest BCUT2D eigenvalue weighted by Crippen LogP contribution is 2.45. The van der Waals surface area contributed by atoms with Gasteiger partial charge in [-0.05, 0) is 75.0 Å². The third kappa shape index (κ3) is 4.49. The molecule has 0 radical (unpaired) electrons. The highest BCUT2D eigenvalue weighted by molar-refractivity contribution is 5.89. The number of rotatable bonds is 2. The molecule has 0 aromatic heterocycles. The monoisotopic (exact) mass is 410 g/mol. The van der Waals surface area contributed by atoms with Crippen LogP contribution in [0.5, 0.6) is 0 Å². The van der Waals surface area contributed by atoms with Gasteiger partial charge in [-0.2, -0.15) is 0 Å². The first-order valence-corrected chi connectivity index (χ1v) is 11.9. The van der Waals surface area contributed by atoms with Crippen LogP contribution in [0.4, 0.5) is 0 Å². The zero-order chi connectivity index (χ0) is 22.4. The largest absolute Gasteiger partial charge is 0.0632 e. The molecule has 2 aliphatic rings. The molecular formula is C31H38. The van der Waals surface area contributed by atoms with E-state index in [0.29, 0.717) is 0 Å². The minimum Gasteiger partial charge on any atom is -0.0632 e. The SMILES string of the molecule is CC1CC/C1=C1/CC(c2ccc(C(C)(C)C)cc2)=CC=C1c1ccc(C(C)(C)C)cc1. The van der Waals surface area contributed by atoms with Crippen LogP contribution in [0.15, 0.2) is 71.8 Å². The Hall–Kier alpha value is -2.34. The Morgan fingerprint density at radius 3 is 1.61 bits per heavy atom. The fraction of sp³-hybridized carbons (Fsp3) is 0.419. The van der Waals surface area contributed by atoms with Crippen molar-refractivity contribution in [1.29, 1.82) is 0 Å². The Labute approximate surface area is 189 Å². The second-order valence-electron chi connectivity index (χ2n) is 11.5. The van der Waals surface area contributed by atoms with Crippen molar-refractivity contribution in [2.45, 2.75) is 78.6 Å². The second-order valence-corrected chi connectivity index (χ2v) is 11.5. The zero-order valence-electron chi connectivity index (χ0n) is 20.5. The molecule has 1 atom stereocenters. The van der Waals surface area contributed by atoms with Crippen LogP contribution in [0.3, 0.4) is 0 Å². The van der Waals surface area contributed by atoms with Gasteiger partial charge in [-0.3, -0.25) is 0 Å². The highest BCUT2D eigenvalue weighted by atomic mass is 14.3. The summed E-state index contributed by atoms with van der Waals surface area (Å²) in [5.74, 6) is 0.717. The molecule has 0 heteroatoms. The highest BCUT2D eigenvalue weighted by Gasteiger charge is 2.27. The van der Waals surface area contributed by atoms with Gasteiger partial charge >= 0.3 is 0 Å². The summed E-state index contributed by atoms with van der Waals surface area (Å²) in [6, 6.07) is 18.5. The molecule has 0 spiro atoms. The molecule has 1 saturated carbocycles. The summed E-state index contributed by atoms with van der Waals surface area (Å²) in [4.78, 5) is 0. The number of hydrogen-bond acceptors (Lipinski definition) is 0. The molecule has 0 aliphatic heterocycles. The predicted octanol–water partition coefficient (Wildman–Crippen LogP) is 8.88. The van der Waals surface area contributed by atoms with Gasteiger partial charge in [0.2, 0.25) is 0 Å². The summed E-state index contributed by atoms with van der Waals surface area (Å²) in [6.45, 7) is 16.1. The van der Waals surface area contributed by atoms with Crippen molar-refractivity contribution >= 4 is 11.1 Å². The first kappa shape index (κ1) is 21.9. The van der Waals surface area contributed by atoms with E-state index in [9.17, 15) is 0 Å². The van der Waals surface area contributed by atoms with E-state index in [-0.39, 0.29) is 10.8 Å². The molecule has 1 fully saturated rings. The van der Waals surface area contributed by atoms with Crippen LogP contribution >= 0.6 is 0 Å². The van der Waals surface area contributed by atoms with Gasteiger partial charge in [0.15, 0.2) is 0 Å². The summed E-state index contributed by atoms with van der Waals surface area (Å²) in [7, 11) is 0. The predicted molar refractivity (Wildman–Crippen MR) is 136 cm³/mol. The maximum absolute atomic E-state index is 2.39. The van der Waals surface area contributed by atoms with Crippen molar-refractivity contribution in [1.82, 2.24) is 0 Å². The summed E-state index contributed by atoms with van der Waals surface area (Å²) in [5, 5.41) is 0. The van der Waals surface area contributed by atoms with Crippen LogP contribution in [0, 0.1) is 5.92 Å². The first-order valence-electron chi connectivity index (χ1n) is 11.9. The lowest BCUT2D eigenvalue weighted by Crippen LogP contribution is -2.16. The Bertz CT molecular complexity index is 1040. The molecule has 31 heavy (non-hydrogen) atoms. The van der Waals surface area contributed by atoms with Crippen LogP contribution < -0.4 is 0 Å². The van der Waals surface area contributed by atoms with E-state index in [1.54, 1.807) is 11.1 Å². The van der Waals surface area contributed by atoms with Crippen molar-refractivity contribution in [3.05, 3.63) is 94.1 Å². The number of allylic oxidation sites excluding steroid dienone is 6. The third-order valence-electron chi connectivity index (χ3n) is 7.16. The normalized spacial score (nSPS) is 22.0. The standard InChI is InChI=1S/C31H38/c1-21-8-18-27(21)29-20-24(22-9-14-25(15-10-22)30(2,3)4)13-19-28(29)23-11-16-26(17-12-23)31(5,6)7/h9-17,19,21H,8,18,20H2,1-7H3/b29-27+. The summed E-state index contributed by atoms with van der Waals surface area (Å²) in [6.07, 6.45) is 8.35. The van der Waals surface area contributed by atoms with Crippen molar-refractivity contribution in [2.24, 2.45) is 5.92 Å². The number of hydrogen-bond donors (Lipinski definition) is 0. The van der Waals surface area contributed by atoms with Gasteiger partial charge in [-0.15, -0.1) is 0 Å². The molecule has 0 amide bonds. The van der Waals surface area contributed by atoms with Crippen molar-refractivity contribution < 1.29 is 0 Å². The minimum absolute atomic E-state index is 0.190. The van der Waals surface area contributed by atoms with Crippen LogP contribution in [0.1, 0.15) is 90.0 Å². The maximum atomic E-state index is 2.39. The lowest BCUT2D eigenvalue weighted by atomic mass is 9.72. The summed E-state index contributed by atoms with van der Waals surface area (Å²) >= 11 is 0. The second kappa shape index (κ2) is 7.97. The van der Waals surface area contributed by atoms with Crippen LogP contribution in [0.2, 0.25) is 0 Å². The van der Waals surface area contributed by atoms with E-state index in [2.05, 4.69) is 109 Å². The lowest BCUT2D eigenvalue weighted by molar-refractivity contribution is 0.477. The number of benzene rings is 2. The molecule has 0 N–H and O–H groups in total. The Morgan fingerprint density at radius 2 is 1.19 bits per heavy atom. The quantitative estimate of drug-likeness (QED) is 0.463. The summed E-state index contributed by atoms with van der Waals surface area (Å²) in [5.41, 5.74) is 12.0. The van der Waals surface area contributed by atoms with Crippen LogP contribution in [-0.2, 0) is 10.8 Å². The molecule has 0 heterocycles. The first-order chi connectivity index (χ1) is 14.5. The van der Waals surface area contributed by atoms with Crippen molar-refractivity contribution in [2.75, 3.05) is 0 Å². The van der Waals surface area contributed by atoms with Crippen molar-refractivity contribution in [3.8, 4) is 0 Å². The topological polar surface area (TPSA) is 0 Å². The smallest absolute Gasteiger partial charge is 0.00140 e. The lowest BCUT2D eigenvalue weighted by Gasteiger charge is -2.33. The van der Waals surface area contributed by atoms with E-state index in [4.69, 9.17) is 0 Å². The van der Waals surface area contributed by atoms with Gasteiger partial charge in [-0.25, -0.2) is 0 Å². The molecule has 2 aromatic rings. The van der Waals surface area contributed by atoms with E-state index in [0.717, 1.165) is 12.3 Å². The van der Waals surface area contributed by atoms with Gasteiger partial charge in [0.05, 0.1) is 0 Å². The van der Waals surface area contributed by atoms with Crippen LogP contribution in [-0.4, -0.2) is 0 Å². The van der Waals surface area contributed by atoms with Gasteiger partial charge in [0.1, 0.15) is 0 Å².